The van der Waals surface area contributed by atoms with Gasteiger partial charge in [0.15, 0.2) is 9.84 Å². The SMILES string of the molecule is CCS(=O)(=O)c1cc(C(N)=O)c(O)cc1-c1c(C(=O)O)[nH]c2ccc(Cl)cc12. The van der Waals surface area contributed by atoms with E-state index in [0.29, 0.717) is 15.9 Å². The number of nitrogens with one attached hydrogen (secondary N) is 1. The molecule has 146 valence electrons. The smallest absolute Gasteiger partial charge is 0.352 e. The maximum absolute atomic E-state index is 12.7. The summed E-state index contributed by atoms with van der Waals surface area (Å²) in [5, 5.41) is 20.5. The van der Waals surface area contributed by atoms with E-state index in [4.69, 9.17) is 17.3 Å². The Hall–Kier alpha value is -3.04. The van der Waals surface area contributed by atoms with E-state index in [1.54, 1.807) is 12.1 Å². The molecule has 10 heteroatoms. The highest BCUT2D eigenvalue weighted by atomic mass is 35.5. The molecule has 3 rings (SSSR count). The summed E-state index contributed by atoms with van der Waals surface area (Å²) in [6.07, 6.45) is 0. The molecular formula is C18H15ClN2O6S. The molecule has 2 aromatic carbocycles. The second-order valence-corrected chi connectivity index (χ2v) is 8.69. The molecular weight excluding hydrogens is 408 g/mol. The molecule has 0 aliphatic rings. The third-order valence-electron chi connectivity index (χ3n) is 4.32. The van der Waals surface area contributed by atoms with Crippen LogP contribution in [0.5, 0.6) is 5.75 Å². The molecule has 3 aromatic rings. The van der Waals surface area contributed by atoms with Gasteiger partial charge in [0.25, 0.3) is 5.91 Å². The Labute approximate surface area is 164 Å². The number of aromatic nitrogens is 1. The number of sulfone groups is 1. The van der Waals surface area contributed by atoms with Gasteiger partial charge in [-0.25, -0.2) is 13.2 Å². The Bertz CT molecular complexity index is 1250. The number of hydrogen-bond acceptors (Lipinski definition) is 5. The van der Waals surface area contributed by atoms with Crippen LogP contribution in [0.3, 0.4) is 0 Å². The molecule has 0 atom stereocenters. The Morgan fingerprint density at radius 1 is 1.21 bits per heavy atom. The number of H-pyrrole nitrogens is 1. The molecule has 0 aliphatic heterocycles. The average Bonchev–Trinajstić information content (AvgIpc) is 2.99. The van der Waals surface area contributed by atoms with E-state index in [2.05, 4.69) is 4.98 Å². The fraction of sp³-hybridized carbons (Fsp3) is 0.111. The first-order chi connectivity index (χ1) is 13.1. The van der Waals surface area contributed by atoms with E-state index in [1.807, 2.05) is 0 Å². The van der Waals surface area contributed by atoms with Gasteiger partial charge < -0.3 is 20.9 Å². The lowest BCUT2D eigenvalue weighted by Crippen LogP contribution is -2.14. The highest BCUT2D eigenvalue weighted by molar-refractivity contribution is 7.91. The Morgan fingerprint density at radius 2 is 1.89 bits per heavy atom. The Balaban J connectivity index is 2.53. The average molecular weight is 423 g/mol. The molecule has 1 amide bonds. The number of aromatic carboxylic acids is 1. The van der Waals surface area contributed by atoms with Gasteiger partial charge in [-0.15, -0.1) is 0 Å². The number of aromatic amines is 1. The minimum absolute atomic E-state index is 0.0309. The van der Waals surface area contributed by atoms with Gasteiger partial charge in [-0.2, -0.15) is 0 Å². The lowest BCUT2D eigenvalue weighted by molar-refractivity contribution is 0.0692. The van der Waals surface area contributed by atoms with Crippen LogP contribution in [0.15, 0.2) is 35.2 Å². The van der Waals surface area contributed by atoms with Crippen molar-refractivity contribution in [3.63, 3.8) is 0 Å². The number of primary amides is 1. The van der Waals surface area contributed by atoms with Crippen LogP contribution in [0.2, 0.25) is 5.02 Å². The number of halogens is 1. The zero-order valence-corrected chi connectivity index (χ0v) is 16.1. The minimum Gasteiger partial charge on any atom is -0.507 e. The van der Waals surface area contributed by atoms with Crippen molar-refractivity contribution in [1.29, 1.82) is 0 Å². The number of aromatic hydroxyl groups is 1. The molecule has 0 radical (unpaired) electrons. The van der Waals surface area contributed by atoms with Crippen LogP contribution in [0, 0.1) is 0 Å². The number of nitrogens with two attached hydrogens (primary N) is 1. The molecule has 0 saturated heterocycles. The number of carboxylic acid groups (broad SMARTS) is 1. The quantitative estimate of drug-likeness (QED) is 0.496. The lowest BCUT2D eigenvalue weighted by Gasteiger charge is -2.13. The molecule has 28 heavy (non-hydrogen) atoms. The number of carboxylic acids is 1. The highest BCUT2D eigenvalue weighted by Gasteiger charge is 2.27. The van der Waals surface area contributed by atoms with Crippen molar-refractivity contribution in [2.75, 3.05) is 5.75 Å². The fourth-order valence-electron chi connectivity index (χ4n) is 2.98. The number of phenols is 1. The first kappa shape index (κ1) is 19.7. The molecule has 0 bridgehead atoms. The predicted octanol–water partition coefficient (Wildman–Crippen LogP) is 2.78. The second kappa shape index (κ2) is 6.84. The summed E-state index contributed by atoms with van der Waals surface area (Å²) in [6, 6.07) is 6.57. The summed E-state index contributed by atoms with van der Waals surface area (Å²) in [6.45, 7) is 1.40. The standard InChI is InChI=1S/C18H15ClN2O6S/c1-2-28(26,27)14-7-10(17(20)23)13(22)6-11(14)15-9-5-8(19)3-4-12(9)21-16(15)18(24)25/h3-7,21-22H,2H2,1H3,(H2,20,23)(H,24,25). The van der Waals surface area contributed by atoms with E-state index in [9.17, 15) is 28.2 Å². The van der Waals surface area contributed by atoms with Gasteiger partial charge in [0.1, 0.15) is 11.4 Å². The van der Waals surface area contributed by atoms with Gasteiger partial charge in [-0.05, 0) is 30.3 Å². The molecule has 5 N–H and O–H groups in total. The Morgan fingerprint density at radius 3 is 2.46 bits per heavy atom. The highest BCUT2D eigenvalue weighted by Crippen LogP contribution is 2.40. The van der Waals surface area contributed by atoms with E-state index >= 15 is 0 Å². The third kappa shape index (κ3) is 3.19. The zero-order chi connectivity index (χ0) is 20.8. The lowest BCUT2D eigenvalue weighted by atomic mass is 9.99. The van der Waals surface area contributed by atoms with Gasteiger partial charge in [0.05, 0.1) is 16.2 Å². The molecule has 0 saturated carbocycles. The molecule has 0 fully saturated rings. The van der Waals surface area contributed by atoms with E-state index < -0.39 is 27.5 Å². The summed E-state index contributed by atoms with van der Waals surface area (Å²) in [5.41, 5.74) is 4.92. The van der Waals surface area contributed by atoms with Crippen LogP contribution in [0.4, 0.5) is 0 Å². The maximum Gasteiger partial charge on any atom is 0.352 e. The number of carbonyl (C=O) groups is 2. The minimum atomic E-state index is -3.91. The van der Waals surface area contributed by atoms with Crippen LogP contribution in [0.25, 0.3) is 22.0 Å². The van der Waals surface area contributed by atoms with Crippen molar-refractivity contribution >= 4 is 44.2 Å². The summed E-state index contributed by atoms with van der Waals surface area (Å²) in [4.78, 5) is 25.8. The van der Waals surface area contributed by atoms with Gasteiger partial charge in [0, 0.05) is 27.1 Å². The molecule has 8 nitrogen and oxygen atoms in total. The zero-order valence-electron chi connectivity index (χ0n) is 14.5. The van der Waals surface area contributed by atoms with Gasteiger partial charge in [-0.1, -0.05) is 18.5 Å². The molecule has 1 heterocycles. The van der Waals surface area contributed by atoms with Crippen molar-refractivity contribution in [2.45, 2.75) is 11.8 Å². The number of amides is 1. The van der Waals surface area contributed by atoms with E-state index in [0.717, 1.165) is 12.1 Å². The Kier molecular flexibility index (Phi) is 4.82. The van der Waals surface area contributed by atoms with Gasteiger partial charge >= 0.3 is 5.97 Å². The van der Waals surface area contributed by atoms with Gasteiger partial charge in [0.2, 0.25) is 0 Å². The van der Waals surface area contributed by atoms with Crippen molar-refractivity contribution in [2.24, 2.45) is 5.73 Å². The third-order valence-corrected chi connectivity index (χ3v) is 6.33. The fourth-order valence-corrected chi connectivity index (χ4v) is 4.25. The first-order valence-electron chi connectivity index (χ1n) is 8.01. The normalized spacial score (nSPS) is 11.6. The van der Waals surface area contributed by atoms with Gasteiger partial charge in [-0.3, -0.25) is 4.79 Å². The molecule has 0 unspecified atom stereocenters. The monoisotopic (exact) mass is 422 g/mol. The summed E-state index contributed by atoms with van der Waals surface area (Å²) in [7, 11) is -3.91. The number of hydrogen-bond donors (Lipinski definition) is 4. The largest absolute Gasteiger partial charge is 0.507 e. The first-order valence-corrected chi connectivity index (χ1v) is 10.0. The van der Waals surface area contributed by atoms with Crippen molar-refractivity contribution in [1.82, 2.24) is 4.98 Å². The second-order valence-electron chi connectivity index (χ2n) is 6.00. The van der Waals surface area contributed by atoms with Crippen LogP contribution >= 0.6 is 11.6 Å². The van der Waals surface area contributed by atoms with Crippen LogP contribution in [-0.4, -0.2) is 41.2 Å². The number of rotatable bonds is 5. The van der Waals surface area contributed by atoms with Crippen LogP contribution in [-0.2, 0) is 9.84 Å². The molecule has 0 spiro atoms. The van der Waals surface area contributed by atoms with E-state index in [-0.39, 0.29) is 33.0 Å². The van der Waals surface area contributed by atoms with Crippen molar-refractivity contribution in [3.05, 3.63) is 46.6 Å². The maximum atomic E-state index is 12.7. The topological polar surface area (TPSA) is 151 Å². The number of benzene rings is 2. The van der Waals surface area contributed by atoms with E-state index in [1.165, 1.54) is 13.0 Å². The number of carbonyl (C=O) groups excluding carboxylic acids is 1. The molecule has 1 aromatic heterocycles. The summed E-state index contributed by atoms with van der Waals surface area (Å²) < 4.78 is 25.3. The predicted molar refractivity (Wildman–Crippen MR) is 104 cm³/mol. The van der Waals surface area contributed by atoms with Crippen molar-refractivity contribution in [3.8, 4) is 16.9 Å². The molecule has 0 aliphatic carbocycles. The van der Waals surface area contributed by atoms with Crippen molar-refractivity contribution < 1.29 is 28.2 Å². The summed E-state index contributed by atoms with van der Waals surface area (Å²) >= 11 is 6.03. The van der Waals surface area contributed by atoms with Crippen LogP contribution in [0.1, 0.15) is 27.8 Å². The van der Waals surface area contributed by atoms with Crippen LogP contribution < -0.4 is 5.73 Å². The number of fused-ring (bicyclic) bond motifs is 1. The summed E-state index contributed by atoms with van der Waals surface area (Å²) in [5.74, 6) is -3.22.